The smallest absolute Gasteiger partial charge is 0.230 e. The van der Waals surface area contributed by atoms with Gasteiger partial charge in [0, 0.05) is 23.9 Å². The highest BCUT2D eigenvalue weighted by molar-refractivity contribution is 9.10. The van der Waals surface area contributed by atoms with Gasteiger partial charge in [-0.25, -0.2) is 4.98 Å². The number of thioether (sulfide) groups is 1. The van der Waals surface area contributed by atoms with Gasteiger partial charge in [-0.3, -0.25) is 4.79 Å². The first kappa shape index (κ1) is 15.1. The van der Waals surface area contributed by atoms with Gasteiger partial charge in [-0.1, -0.05) is 45.9 Å². The van der Waals surface area contributed by atoms with Crippen molar-refractivity contribution >= 4 is 33.6 Å². The van der Waals surface area contributed by atoms with Crippen LogP contribution in [0.1, 0.15) is 18.5 Å². The van der Waals surface area contributed by atoms with E-state index in [1.165, 1.54) is 11.8 Å². The van der Waals surface area contributed by atoms with Gasteiger partial charge in [0.1, 0.15) is 0 Å². The van der Waals surface area contributed by atoms with E-state index in [0.29, 0.717) is 5.75 Å². The van der Waals surface area contributed by atoms with Crippen molar-refractivity contribution in [3.63, 3.8) is 0 Å². The Bertz CT molecular complexity index is 600. The number of imidazole rings is 1. The molecule has 2 rings (SSSR count). The average Bonchev–Trinajstić information content (AvgIpc) is 2.82. The van der Waals surface area contributed by atoms with Crippen LogP contribution in [-0.2, 0) is 11.8 Å². The van der Waals surface area contributed by atoms with Crippen molar-refractivity contribution in [3.05, 3.63) is 46.7 Å². The van der Waals surface area contributed by atoms with Crippen LogP contribution in [0, 0.1) is 0 Å². The van der Waals surface area contributed by atoms with Crippen molar-refractivity contribution in [2.45, 2.75) is 18.1 Å². The largest absolute Gasteiger partial charge is 0.349 e. The number of hydrogen-bond acceptors (Lipinski definition) is 3. The number of rotatable bonds is 5. The lowest BCUT2D eigenvalue weighted by molar-refractivity contribution is -0.119. The van der Waals surface area contributed by atoms with Crippen LogP contribution in [0.5, 0.6) is 0 Å². The fraction of sp³-hybridized carbons (Fsp3) is 0.286. The zero-order valence-corrected chi connectivity index (χ0v) is 13.7. The molecule has 1 atom stereocenters. The number of benzene rings is 1. The summed E-state index contributed by atoms with van der Waals surface area (Å²) in [5.74, 6) is 0.362. The lowest BCUT2D eigenvalue weighted by Gasteiger charge is -2.15. The maximum Gasteiger partial charge on any atom is 0.230 e. The molecule has 1 aromatic carbocycles. The van der Waals surface area contributed by atoms with Gasteiger partial charge in [0.05, 0.1) is 11.8 Å². The SMILES string of the molecule is CC(NC(=O)CSc1nccn1C)c1ccccc1Br. The molecule has 0 saturated heterocycles. The van der Waals surface area contributed by atoms with Crippen LogP contribution in [0.15, 0.2) is 46.3 Å². The highest BCUT2D eigenvalue weighted by Gasteiger charge is 2.12. The second-order valence-electron chi connectivity index (χ2n) is 4.42. The number of carbonyl (C=O) groups excluding carboxylic acids is 1. The standard InChI is InChI=1S/C14H16BrN3OS/c1-10(11-5-3-4-6-12(11)15)17-13(19)9-20-14-16-7-8-18(14)2/h3-8,10H,9H2,1-2H3,(H,17,19). The minimum atomic E-state index is -0.0277. The van der Waals surface area contributed by atoms with E-state index in [4.69, 9.17) is 0 Å². The Kier molecular flexibility index (Phi) is 5.25. The van der Waals surface area contributed by atoms with E-state index in [0.717, 1.165) is 15.2 Å². The third-order valence-corrected chi connectivity index (χ3v) is 4.64. The summed E-state index contributed by atoms with van der Waals surface area (Å²) in [6.07, 6.45) is 3.59. The zero-order chi connectivity index (χ0) is 14.5. The molecule has 2 aromatic rings. The highest BCUT2D eigenvalue weighted by atomic mass is 79.9. The van der Waals surface area contributed by atoms with Crippen molar-refractivity contribution in [2.24, 2.45) is 7.05 Å². The maximum absolute atomic E-state index is 12.0. The molecule has 0 spiro atoms. The normalized spacial score (nSPS) is 12.2. The summed E-state index contributed by atoms with van der Waals surface area (Å²) in [6, 6.07) is 7.87. The molecule has 1 amide bonds. The molecule has 0 aliphatic carbocycles. The Labute approximate surface area is 131 Å². The molecule has 4 nitrogen and oxygen atoms in total. The first-order chi connectivity index (χ1) is 9.58. The van der Waals surface area contributed by atoms with Crippen molar-refractivity contribution in [2.75, 3.05) is 5.75 Å². The number of aromatic nitrogens is 2. The Hall–Kier alpha value is -1.27. The topological polar surface area (TPSA) is 46.9 Å². The van der Waals surface area contributed by atoms with Crippen molar-refractivity contribution in [1.29, 1.82) is 0 Å². The third-order valence-electron chi connectivity index (χ3n) is 2.86. The molecule has 6 heteroatoms. The molecule has 1 heterocycles. The predicted molar refractivity (Wildman–Crippen MR) is 84.6 cm³/mol. The van der Waals surface area contributed by atoms with Crippen LogP contribution in [0.2, 0.25) is 0 Å². The average molecular weight is 354 g/mol. The van der Waals surface area contributed by atoms with E-state index in [9.17, 15) is 4.79 Å². The summed E-state index contributed by atoms with van der Waals surface area (Å²) >= 11 is 4.93. The number of carbonyl (C=O) groups is 1. The molecule has 0 aliphatic rings. The van der Waals surface area contributed by atoms with Crippen molar-refractivity contribution < 1.29 is 4.79 Å². The Morgan fingerprint density at radius 3 is 2.90 bits per heavy atom. The van der Waals surface area contributed by atoms with Gasteiger partial charge in [-0.15, -0.1) is 0 Å². The Morgan fingerprint density at radius 2 is 2.25 bits per heavy atom. The molecule has 20 heavy (non-hydrogen) atoms. The third kappa shape index (κ3) is 3.86. The van der Waals surface area contributed by atoms with Gasteiger partial charge in [-0.2, -0.15) is 0 Å². The molecule has 0 bridgehead atoms. The summed E-state index contributed by atoms with van der Waals surface area (Å²) < 4.78 is 2.90. The van der Waals surface area contributed by atoms with Crippen LogP contribution in [0.4, 0.5) is 0 Å². The molecule has 0 saturated carbocycles. The van der Waals surface area contributed by atoms with Crippen LogP contribution >= 0.6 is 27.7 Å². The molecule has 0 radical (unpaired) electrons. The van der Waals surface area contributed by atoms with Crippen LogP contribution < -0.4 is 5.32 Å². The summed E-state index contributed by atoms with van der Waals surface area (Å²) in [4.78, 5) is 16.1. The quantitative estimate of drug-likeness (QED) is 0.839. The first-order valence-electron chi connectivity index (χ1n) is 6.22. The molecule has 0 aliphatic heterocycles. The lowest BCUT2D eigenvalue weighted by Crippen LogP contribution is -2.28. The molecule has 1 N–H and O–H groups in total. The van der Waals surface area contributed by atoms with Gasteiger partial charge in [0.15, 0.2) is 5.16 Å². The minimum Gasteiger partial charge on any atom is -0.349 e. The molecule has 1 unspecified atom stereocenters. The van der Waals surface area contributed by atoms with E-state index in [2.05, 4.69) is 26.2 Å². The summed E-state index contributed by atoms with van der Waals surface area (Å²) in [5.41, 5.74) is 1.07. The molecule has 0 fully saturated rings. The predicted octanol–water partition coefficient (Wildman–Crippen LogP) is 3.15. The monoisotopic (exact) mass is 353 g/mol. The number of halogens is 1. The zero-order valence-electron chi connectivity index (χ0n) is 11.3. The minimum absolute atomic E-state index is 0.00116. The summed E-state index contributed by atoms with van der Waals surface area (Å²) in [6.45, 7) is 1.98. The van der Waals surface area contributed by atoms with E-state index in [-0.39, 0.29) is 11.9 Å². The van der Waals surface area contributed by atoms with Crippen LogP contribution in [-0.4, -0.2) is 21.2 Å². The van der Waals surface area contributed by atoms with Crippen LogP contribution in [0.3, 0.4) is 0 Å². The molecule has 1 aromatic heterocycles. The highest BCUT2D eigenvalue weighted by Crippen LogP contribution is 2.23. The molecular weight excluding hydrogens is 338 g/mol. The van der Waals surface area contributed by atoms with Crippen LogP contribution in [0.25, 0.3) is 0 Å². The van der Waals surface area contributed by atoms with Gasteiger partial charge in [0.25, 0.3) is 0 Å². The molecular formula is C14H16BrN3OS. The number of hydrogen-bond donors (Lipinski definition) is 1. The van der Waals surface area contributed by atoms with Crippen molar-refractivity contribution in [1.82, 2.24) is 14.9 Å². The van der Waals surface area contributed by atoms with Gasteiger partial charge >= 0.3 is 0 Å². The lowest BCUT2D eigenvalue weighted by atomic mass is 10.1. The van der Waals surface area contributed by atoms with Crippen molar-refractivity contribution in [3.8, 4) is 0 Å². The fourth-order valence-corrected chi connectivity index (χ4v) is 3.18. The molecule has 106 valence electrons. The number of aryl methyl sites for hydroxylation is 1. The van der Waals surface area contributed by atoms with Gasteiger partial charge in [0.2, 0.25) is 5.91 Å². The second kappa shape index (κ2) is 6.95. The van der Waals surface area contributed by atoms with E-state index in [1.54, 1.807) is 6.20 Å². The Morgan fingerprint density at radius 1 is 1.50 bits per heavy atom. The van der Waals surface area contributed by atoms with Gasteiger partial charge in [-0.05, 0) is 18.6 Å². The number of amides is 1. The number of nitrogens with zero attached hydrogens (tertiary/aromatic N) is 2. The van der Waals surface area contributed by atoms with E-state index < -0.39 is 0 Å². The van der Waals surface area contributed by atoms with Gasteiger partial charge < -0.3 is 9.88 Å². The summed E-state index contributed by atoms with van der Waals surface area (Å²) in [7, 11) is 1.91. The fourth-order valence-electron chi connectivity index (χ4n) is 1.81. The number of nitrogens with one attached hydrogen (secondary N) is 1. The first-order valence-corrected chi connectivity index (χ1v) is 7.99. The maximum atomic E-state index is 12.0. The van der Waals surface area contributed by atoms with E-state index in [1.807, 2.05) is 49.0 Å². The van der Waals surface area contributed by atoms with E-state index >= 15 is 0 Å². The Balaban J connectivity index is 1.88. The second-order valence-corrected chi connectivity index (χ2v) is 6.22. The summed E-state index contributed by atoms with van der Waals surface area (Å²) in [5, 5.41) is 3.83.